The average Bonchev–Trinajstić information content (AvgIpc) is 3.09. The fourth-order valence-electron chi connectivity index (χ4n) is 3.15. The van der Waals surface area contributed by atoms with Gasteiger partial charge < -0.3 is 10.1 Å². The fourth-order valence-corrected chi connectivity index (χ4v) is 3.27. The highest BCUT2D eigenvalue weighted by Gasteiger charge is 2.10. The molecule has 134 valence electrons. The van der Waals surface area contributed by atoms with Crippen molar-refractivity contribution in [3.8, 4) is 11.1 Å². The van der Waals surface area contributed by atoms with Gasteiger partial charge in [0.25, 0.3) is 0 Å². The summed E-state index contributed by atoms with van der Waals surface area (Å²) in [5.41, 5.74) is 5.91. The van der Waals surface area contributed by atoms with Crippen molar-refractivity contribution in [1.29, 1.82) is 0 Å². The van der Waals surface area contributed by atoms with Crippen LogP contribution in [0.3, 0.4) is 0 Å². The van der Waals surface area contributed by atoms with Gasteiger partial charge in [-0.05, 0) is 59.5 Å². The smallest absolute Gasteiger partial charge is 0.131 e. The lowest BCUT2D eigenvalue weighted by Gasteiger charge is -2.11. The van der Waals surface area contributed by atoms with Crippen LogP contribution >= 0.6 is 11.6 Å². The zero-order valence-electron chi connectivity index (χ0n) is 14.9. The van der Waals surface area contributed by atoms with Crippen molar-refractivity contribution in [2.45, 2.75) is 13.0 Å². The van der Waals surface area contributed by atoms with Gasteiger partial charge in [-0.1, -0.05) is 60.1 Å². The van der Waals surface area contributed by atoms with Crippen LogP contribution in [0.15, 0.2) is 66.7 Å². The lowest BCUT2D eigenvalue weighted by atomic mass is 9.96. The number of nitrogens with one attached hydrogen (secondary N) is 1. The summed E-state index contributed by atoms with van der Waals surface area (Å²) in [7, 11) is 0. The van der Waals surface area contributed by atoms with Crippen molar-refractivity contribution < 1.29 is 5.11 Å². The highest BCUT2D eigenvalue weighted by Crippen LogP contribution is 2.30. The number of imidazole rings is 1. The number of H-pyrrole nitrogens is 1. The molecule has 0 radical (unpaired) electrons. The molecule has 1 heterocycles. The fraction of sp³-hybridized carbons (Fsp3) is 0.0870. The number of hydrogen-bond acceptors (Lipinski definition) is 2. The summed E-state index contributed by atoms with van der Waals surface area (Å²) in [5.74, 6) is 0.793. The minimum absolute atomic E-state index is 0.519. The van der Waals surface area contributed by atoms with Crippen molar-refractivity contribution in [1.82, 2.24) is 9.97 Å². The maximum atomic E-state index is 10.0. The van der Waals surface area contributed by atoms with E-state index in [0.29, 0.717) is 0 Å². The van der Waals surface area contributed by atoms with Gasteiger partial charge in [-0.2, -0.15) is 0 Å². The first kappa shape index (κ1) is 17.5. The van der Waals surface area contributed by atoms with Crippen LogP contribution in [-0.2, 0) is 0 Å². The van der Waals surface area contributed by atoms with Crippen LogP contribution in [0.4, 0.5) is 0 Å². The molecule has 0 bridgehead atoms. The molecule has 1 unspecified atom stereocenters. The lowest BCUT2D eigenvalue weighted by molar-refractivity contribution is 0.200. The first-order chi connectivity index (χ1) is 13.1. The Hall–Kier alpha value is -2.88. The number of nitrogens with zero attached hydrogens (tertiary/aromatic N) is 1. The van der Waals surface area contributed by atoms with Crippen LogP contribution in [0, 0.1) is 0 Å². The Kier molecular flexibility index (Phi) is 4.80. The Bertz CT molecular complexity index is 1110. The van der Waals surface area contributed by atoms with Gasteiger partial charge in [-0.15, -0.1) is 0 Å². The van der Waals surface area contributed by atoms with Crippen molar-refractivity contribution >= 4 is 34.8 Å². The Labute approximate surface area is 163 Å². The molecule has 0 spiro atoms. The maximum Gasteiger partial charge on any atom is 0.131 e. The summed E-state index contributed by atoms with van der Waals surface area (Å²) in [6, 6.07) is 21.7. The van der Waals surface area contributed by atoms with Gasteiger partial charge in [-0.3, -0.25) is 0 Å². The molecule has 3 aromatic carbocycles. The van der Waals surface area contributed by atoms with Crippen LogP contribution in [0.5, 0.6) is 0 Å². The predicted molar refractivity (Wildman–Crippen MR) is 113 cm³/mol. The molecule has 2 N–H and O–H groups in total. The second-order valence-corrected chi connectivity index (χ2v) is 6.94. The molecule has 0 aliphatic rings. The van der Waals surface area contributed by atoms with E-state index >= 15 is 0 Å². The average molecular weight is 375 g/mol. The van der Waals surface area contributed by atoms with Gasteiger partial charge in [0.1, 0.15) is 5.82 Å². The Morgan fingerprint density at radius 2 is 1.78 bits per heavy atom. The molecule has 4 heteroatoms. The van der Waals surface area contributed by atoms with Gasteiger partial charge in [0.15, 0.2) is 0 Å². The topological polar surface area (TPSA) is 48.9 Å². The van der Waals surface area contributed by atoms with E-state index < -0.39 is 6.10 Å². The quantitative estimate of drug-likeness (QED) is 0.453. The predicted octanol–water partition coefficient (Wildman–Crippen LogP) is 6.11. The van der Waals surface area contributed by atoms with Crippen LogP contribution in [0.25, 0.3) is 34.3 Å². The van der Waals surface area contributed by atoms with Crippen molar-refractivity contribution in [3.05, 3.63) is 88.7 Å². The molecule has 1 atom stereocenters. The van der Waals surface area contributed by atoms with Gasteiger partial charge in [-0.25, -0.2) is 4.98 Å². The molecule has 0 amide bonds. The van der Waals surface area contributed by atoms with E-state index in [1.807, 2.05) is 72.8 Å². The molecular formula is C23H19ClN2O. The molecule has 0 fully saturated rings. The molecule has 0 aliphatic carbocycles. The third-order valence-corrected chi connectivity index (χ3v) is 4.78. The third-order valence-electron chi connectivity index (χ3n) is 4.53. The Morgan fingerprint density at radius 3 is 2.56 bits per heavy atom. The summed E-state index contributed by atoms with van der Waals surface area (Å²) in [5, 5.41) is 10.8. The summed E-state index contributed by atoms with van der Waals surface area (Å²) in [6.07, 6.45) is 3.43. The number of aliphatic hydroxyl groups excluding tert-OH is 1. The molecule has 1 aromatic heterocycles. The molecular weight excluding hydrogens is 356 g/mol. The molecule has 3 nitrogen and oxygen atoms in total. The van der Waals surface area contributed by atoms with Crippen LogP contribution in [-0.4, -0.2) is 15.1 Å². The number of aromatic nitrogens is 2. The zero-order chi connectivity index (χ0) is 18.8. The number of fused-ring (bicyclic) bond motifs is 1. The van der Waals surface area contributed by atoms with E-state index in [0.717, 1.165) is 44.1 Å². The second kappa shape index (κ2) is 7.39. The van der Waals surface area contributed by atoms with Gasteiger partial charge in [0, 0.05) is 5.02 Å². The summed E-state index contributed by atoms with van der Waals surface area (Å²) >= 11 is 5.92. The van der Waals surface area contributed by atoms with E-state index in [9.17, 15) is 5.11 Å². The number of aromatic amines is 1. The Balaban J connectivity index is 1.67. The summed E-state index contributed by atoms with van der Waals surface area (Å²) in [4.78, 5) is 7.99. The normalized spacial score (nSPS) is 12.7. The highest BCUT2D eigenvalue weighted by molar-refractivity contribution is 6.30. The first-order valence-corrected chi connectivity index (χ1v) is 9.19. The van der Waals surface area contributed by atoms with Gasteiger partial charge in [0.2, 0.25) is 0 Å². The molecule has 4 rings (SSSR count). The van der Waals surface area contributed by atoms with Gasteiger partial charge >= 0.3 is 0 Å². The minimum Gasteiger partial charge on any atom is -0.389 e. The zero-order valence-corrected chi connectivity index (χ0v) is 15.6. The maximum absolute atomic E-state index is 10.0. The lowest BCUT2D eigenvalue weighted by Crippen LogP contribution is -1.94. The number of aliphatic hydroxyl groups is 1. The molecule has 27 heavy (non-hydrogen) atoms. The molecule has 0 aliphatic heterocycles. The summed E-state index contributed by atoms with van der Waals surface area (Å²) in [6.45, 7) is 1.78. The standard InChI is InChI=1S/C23H19ClN2O/c1-15(27)19-4-2-3-5-20(19)17-9-12-21-22(14-17)26-23(25-21)13-8-16-6-10-18(24)11-7-16/h2-15,27H,1H3,(H,25,26). The largest absolute Gasteiger partial charge is 0.389 e. The van der Waals surface area contributed by atoms with Crippen molar-refractivity contribution in [2.75, 3.05) is 0 Å². The van der Waals surface area contributed by atoms with E-state index in [-0.39, 0.29) is 0 Å². The molecule has 0 saturated carbocycles. The minimum atomic E-state index is -0.519. The number of benzene rings is 3. The monoisotopic (exact) mass is 374 g/mol. The number of halogens is 1. The van der Waals surface area contributed by atoms with Crippen molar-refractivity contribution in [2.24, 2.45) is 0 Å². The van der Waals surface area contributed by atoms with Crippen LogP contribution < -0.4 is 0 Å². The van der Waals surface area contributed by atoms with Gasteiger partial charge in [0.05, 0.1) is 17.1 Å². The molecule has 4 aromatic rings. The van der Waals surface area contributed by atoms with Crippen LogP contribution in [0.2, 0.25) is 5.02 Å². The second-order valence-electron chi connectivity index (χ2n) is 6.50. The van der Waals surface area contributed by atoms with E-state index in [1.54, 1.807) is 6.92 Å². The Morgan fingerprint density at radius 1 is 1.00 bits per heavy atom. The SMILES string of the molecule is CC(O)c1ccccc1-c1ccc2[nH]c(C=Cc3ccc(Cl)cc3)nc2c1. The third kappa shape index (κ3) is 3.80. The van der Waals surface area contributed by atoms with E-state index in [2.05, 4.69) is 16.0 Å². The summed E-state index contributed by atoms with van der Waals surface area (Å²) < 4.78 is 0. The van der Waals surface area contributed by atoms with E-state index in [4.69, 9.17) is 11.6 Å². The number of hydrogen-bond donors (Lipinski definition) is 2. The molecule has 0 saturated heterocycles. The van der Waals surface area contributed by atoms with Crippen molar-refractivity contribution in [3.63, 3.8) is 0 Å². The van der Waals surface area contributed by atoms with Crippen LogP contribution in [0.1, 0.15) is 30.0 Å². The van der Waals surface area contributed by atoms with E-state index in [1.165, 1.54) is 0 Å². The first-order valence-electron chi connectivity index (χ1n) is 8.81. The highest BCUT2D eigenvalue weighted by atomic mass is 35.5. The number of rotatable bonds is 4.